The van der Waals surface area contributed by atoms with E-state index < -0.39 is 0 Å². The summed E-state index contributed by atoms with van der Waals surface area (Å²) in [6, 6.07) is 4.15. The molecule has 0 amide bonds. The van der Waals surface area contributed by atoms with Crippen LogP contribution < -0.4 is 4.74 Å². The predicted molar refractivity (Wildman–Crippen MR) is 97.4 cm³/mol. The Labute approximate surface area is 142 Å². The second-order valence-electron chi connectivity index (χ2n) is 7.89. The van der Waals surface area contributed by atoms with E-state index in [9.17, 15) is 5.11 Å². The Morgan fingerprint density at radius 1 is 1.30 bits per heavy atom. The van der Waals surface area contributed by atoms with Crippen LogP contribution in [0.1, 0.15) is 78.3 Å². The predicted octanol–water partition coefficient (Wildman–Crippen LogP) is 5.98. The number of unbranched alkanes of at least 4 members (excludes halogenated alkanes) is 2. The first-order chi connectivity index (χ1) is 10.9. The molecule has 1 aromatic carbocycles. The van der Waals surface area contributed by atoms with Crippen molar-refractivity contribution in [3.63, 3.8) is 0 Å². The molecule has 0 aromatic heterocycles. The number of aryl methyl sites for hydroxylation is 1. The molecule has 128 valence electrons. The molecule has 0 bridgehead atoms. The van der Waals surface area contributed by atoms with Crippen molar-refractivity contribution in [2.75, 3.05) is 0 Å². The van der Waals surface area contributed by atoms with Gasteiger partial charge in [0.25, 0.3) is 0 Å². The quantitative estimate of drug-likeness (QED) is 0.547. The molecule has 1 aliphatic heterocycles. The number of phenols is 1. The average molecular weight is 316 g/mol. The van der Waals surface area contributed by atoms with Gasteiger partial charge in [-0.25, -0.2) is 0 Å². The van der Waals surface area contributed by atoms with E-state index >= 15 is 0 Å². The zero-order valence-corrected chi connectivity index (χ0v) is 15.0. The standard InChI is InChI=1S/C21H30O2.H2/c1-5-6-7-8-15-12-18(22)20-16-11-14(2)9-10-17(16)21(3,4)23-19(20)13-15;/h9,12-13,16-17,22H,5-8,10-11H2,1-4H3;1H/t16-,17?;/m1./s1. The minimum atomic E-state index is -0.177. The zero-order valence-electron chi connectivity index (χ0n) is 15.0. The summed E-state index contributed by atoms with van der Waals surface area (Å²) in [6.07, 6.45) is 9.06. The molecule has 0 saturated heterocycles. The van der Waals surface area contributed by atoms with Crippen molar-refractivity contribution in [3.05, 3.63) is 34.9 Å². The van der Waals surface area contributed by atoms with Gasteiger partial charge in [-0.3, -0.25) is 0 Å². The first-order valence-corrected chi connectivity index (χ1v) is 9.12. The van der Waals surface area contributed by atoms with E-state index in [2.05, 4.69) is 39.8 Å². The Morgan fingerprint density at radius 2 is 2.09 bits per heavy atom. The molecule has 0 spiro atoms. The van der Waals surface area contributed by atoms with E-state index in [4.69, 9.17) is 4.74 Å². The highest BCUT2D eigenvalue weighted by molar-refractivity contribution is 5.52. The third-order valence-electron chi connectivity index (χ3n) is 5.63. The molecule has 2 atom stereocenters. The molecule has 1 N–H and O–H groups in total. The minimum Gasteiger partial charge on any atom is -0.508 e. The molecule has 23 heavy (non-hydrogen) atoms. The lowest BCUT2D eigenvalue weighted by Crippen LogP contribution is -2.45. The van der Waals surface area contributed by atoms with Crippen molar-refractivity contribution in [2.45, 2.75) is 77.7 Å². The van der Waals surface area contributed by atoms with Crippen LogP contribution in [0.5, 0.6) is 11.5 Å². The summed E-state index contributed by atoms with van der Waals surface area (Å²) in [5.41, 5.74) is 3.50. The molecule has 3 rings (SSSR count). The number of phenolic OH excluding ortho intramolecular Hbond substituents is 1. The third-order valence-corrected chi connectivity index (χ3v) is 5.63. The molecule has 1 heterocycles. The van der Waals surface area contributed by atoms with Crippen molar-refractivity contribution in [2.24, 2.45) is 5.92 Å². The molecular formula is C21H32O2. The van der Waals surface area contributed by atoms with E-state index in [1.807, 2.05) is 6.07 Å². The SMILES string of the molecule is CCCCCc1cc(O)c2c(c1)OC(C)(C)C1CC=C(C)C[C@@H]21.[HH]. The number of benzene rings is 1. The summed E-state index contributed by atoms with van der Waals surface area (Å²) in [5, 5.41) is 10.7. The lowest BCUT2D eigenvalue weighted by atomic mass is 9.67. The Hall–Kier alpha value is -1.44. The van der Waals surface area contributed by atoms with Gasteiger partial charge in [-0.15, -0.1) is 0 Å². The minimum absolute atomic E-state index is 0. The maximum Gasteiger partial charge on any atom is 0.127 e. The van der Waals surface area contributed by atoms with E-state index in [0.29, 0.717) is 17.6 Å². The fourth-order valence-corrected chi connectivity index (χ4v) is 4.34. The molecule has 1 unspecified atom stereocenters. The van der Waals surface area contributed by atoms with Crippen LogP contribution in [0.25, 0.3) is 0 Å². The lowest BCUT2D eigenvalue weighted by molar-refractivity contribution is 0.00753. The highest BCUT2D eigenvalue weighted by Gasteiger charge is 2.45. The molecule has 1 aliphatic carbocycles. The number of rotatable bonds is 4. The van der Waals surface area contributed by atoms with Gasteiger partial charge in [-0.1, -0.05) is 31.4 Å². The first kappa shape index (κ1) is 16.4. The van der Waals surface area contributed by atoms with Crippen molar-refractivity contribution in [1.82, 2.24) is 0 Å². The van der Waals surface area contributed by atoms with Crippen molar-refractivity contribution in [3.8, 4) is 11.5 Å². The second kappa shape index (κ2) is 6.22. The van der Waals surface area contributed by atoms with E-state index in [1.165, 1.54) is 30.4 Å². The van der Waals surface area contributed by atoms with E-state index in [-0.39, 0.29) is 7.03 Å². The molecule has 2 aliphatic rings. The number of allylic oxidation sites excluding steroid dienone is 2. The maximum atomic E-state index is 10.7. The van der Waals surface area contributed by atoms with Crippen LogP contribution in [0.2, 0.25) is 0 Å². The van der Waals surface area contributed by atoms with Crippen molar-refractivity contribution in [1.29, 1.82) is 0 Å². The zero-order chi connectivity index (χ0) is 16.6. The lowest BCUT2D eigenvalue weighted by Gasteiger charge is -2.47. The summed E-state index contributed by atoms with van der Waals surface area (Å²) in [6.45, 7) is 8.81. The van der Waals surface area contributed by atoms with Crippen LogP contribution in [0, 0.1) is 5.92 Å². The van der Waals surface area contributed by atoms with Crippen LogP contribution in [-0.2, 0) is 6.42 Å². The van der Waals surface area contributed by atoms with Crippen LogP contribution in [0.3, 0.4) is 0 Å². The highest BCUT2D eigenvalue weighted by atomic mass is 16.5. The van der Waals surface area contributed by atoms with Crippen molar-refractivity contribution >= 4 is 0 Å². The third kappa shape index (κ3) is 3.13. The Balaban J connectivity index is 0.00000208. The summed E-state index contributed by atoms with van der Waals surface area (Å²) in [4.78, 5) is 0. The molecule has 2 nitrogen and oxygen atoms in total. The first-order valence-electron chi connectivity index (χ1n) is 9.12. The van der Waals surface area contributed by atoms with Gasteiger partial charge in [0.15, 0.2) is 0 Å². The fourth-order valence-electron chi connectivity index (χ4n) is 4.34. The maximum absolute atomic E-state index is 10.7. The average Bonchev–Trinajstić information content (AvgIpc) is 2.46. The number of fused-ring (bicyclic) bond motifs is 3. The summed E-state index contributed by atoms with van der Waals surface area (Å²) >= 11 is 0. The Kier molecular flexibility index (Phi) is 4.44. The van der Waals surface area contributed by atoms with Crippen LogP contribution in [0.15, 0.2) is 23.8 Å². The van der Waals surface area contributed by atoms with Gasteiger partial charge in [0.05, 0.1) is 0 Å². The van der Waals surface area contributed by atoms with Crippen molar-refractivity contribution < 1.29 is 11.3 Å². The molecule has 0 fully saturated rings. The Bertz CT molecular complexity index is 619. The smallest absolute Gasteiger partial charge is 0.127 e. The molecule has 0 radical (unpaired) electrons. The fraction of sp³-hybridized carbons (Fsp3) is 0.619. The number of hydrogen-bond donors (Lipinski definition) is 1. The number of hydrogen-bond acceptors (Lipinski definition) is 2. The highest BCUT2D eigenvalue weighted by Crippen LogP contribution is 2.54. The normalized spacial score (nSPS) is 25.1. The van der Waals surface area contributed by atoms with Crippen LogP contribution in [0.4, 0.5) is 0 Å². The molecule has 0 saturated carbocycles. The van der Waals surface area contributed by atoms with Crippen LogP contribution >= 0.6 is 0 Å². The van der Waals surface area contributed by atoms with Gasteiger partial charge >= 0.3 is 0 Å². The summed E-state index contributed by atoms with van der Waals surface area (Å²) in [5.74, 6) is 2.17. The number of ether oxygens (including phenoxy) is 1. The topological polar surface area (TPSA) is 29.5 Å². The largest absolute Gasteiger partial charge is 0.508 e. The van der Waals surface area contributed by atoms with Gasteiger partial charge in [0.2, 0.25) is 0 Å². The summed E-state index contributed by atoms with van der Waals surface area (Å²) in [7, 11) is 0. The molecule has 2 heteroatoms. The summed E-state index contributed by atoms with van der Waals surface area (Å²) < 4.78 is 6.36. The molecule has 1 aromatic rings. The van der Waals surface area contributed by atoms with Gasteiger partial charge in [0.1, 0.15) is 17.1 Å². The second-order valence-corrected chi connectivity index (χ2v) is 7.89. The van der Waals surface area contributed by atoms with Gasteiger partial charge < -0.3 is 9.84 Å². The number of aromatic hydroxyl groups is 1. The van der Waals surface area contributed by atoms with E-state index in [0.717, 1.165) is 30.6 Å². The molecular weight excluding hydrogens is 284 g/mol. The van der Waals surface area contributed by atoms with Gasteiger partial charge in [-0.05, 0) is 64.2 Å². The van der Waals surface area contributed by atoms with Gasteiger partial charge in [0, 0.05) is 18.8 Å². The Morgan fingerprint density at radius 3 is 2.83 bits per heavy atom. The van der Waals surface area contributed by atoms with Gasteiger partial charge in [-0.2, -0.15) is 0 Å². The van der Waals surface area contributed by atoms with E-state index in [1.54, 1.807) is 0 Å². The monoisotopic (exact) mass is 316 g/mol. The van der Waals surface area contributed by atoms with Crippen LogP contribution in [-0.4, -0.2) is 10.7 Å².